The van der Waals surface area contributed by atoms with Gasteiger partial charge in [0.2, 0.25) is 53.2 Å². The van der Waals surface area contributed by atoms with E-state index in [9.17, 15) is 77.3 Å². The minimum Gasteiger partial charge on any atom is -0.493 e. The number of carboxylic acid groups (broad SMARTS) is 3. The maximum atomic E-state index is 14.7. The lowest BCUT2D eigenvalue weighted by molar-refractivity contribution is -0.142. The maximum absolute atomic E-state index is 14.7. The number of ketones is 1. The Hall–Kier alpha value is -10.5. The number of aliphatic carboxylic acids is 3. The number of nitrogens with two attached hydrogens (primary N) is 3. The molecule has 3 aromatic rings. The summed E-state index contributed by atoms with van der Waals surface area (Å²) < 4.78 is 5.73. The molecule has 8 atom stereocenters. The smallest absolute Gasteiger partial charge is 0.305 e. The first-order valence-corrected chi connectivity index (χ1v) is 29.3. The summed E-state index contributed by atoms with van der Waals surface area (Å²) in [6.45, 7) is 5.22. The second-order valence-electron chi connectivity index (χ2n) is 21.8. The lowest BCUT2D eigenvalue weighted by Gasteiger charge is -2.28. The molecule has 0 bridgehead atoms. The number of Topliss-reactive ketones (excluding diaryl/α,β-unsaturated/α-hetero) is 1. The topological polar surface area (TPSA) is 532 Å². The van der Waals surface area contributed by atoms with Crippen LogP contribution < -0.4 is 64.5 Å². The van der Waals surface area contributed by atoms with Crippen LogP contribution in [0.15, 0.2) is 84.0 Å². The van der Waals surface area contributed by atoms with Crippen molar-refractivity contribution in [1.29, 1.82) is 0 Å². The molecule has 0 radical (unpaired) electrons. The number of amides is 10. The van der Waals surface area contributed by atoms with Crippen LogP contribution >= 0.6 is 0 Å². The van der Waals surface area contributed by atoms with Crippen molar-refractivity contribution in [3.05, 3.63) is 112 Å². The Morgan fingerprint density at radius 2 is 1.03 bits per heavy atom. The van der Waals surface area contributed by atoms with Gasteiger partial charge in [-0.2, -0.15) is 0 Å². The molecule has 3 rings (SSSR count). The van der Waals surface area contributed by atoms with Gasteiger partial charge < -0.3 is 79.8 Å². The lowest BCUT2D eigenvalue weighted by Crippen LogP contribution is -2.61. The van der Waals surface area contributed by atoms with Gasteiger partial charge in [0.1, 0.15) is 48.0 Å². The van der Waals surface area contributed by atoms with Gasteiger partial charge in [0.15, 0.2) is 5.78 Å². The number of carbonyl (C=O) groups excluding carboxylic acids is 11. The van der Waals surface area contributed by atoms with Crippen LogP contribution in [-0.2, 0) is 70.4 Å². The van der Waals surface area contributed by atoms with Gasteiger partial charge in [0.05, 0.1) is 31.1 Å². The number of rotatable bonds is 43. The highest BCUT2D eigenvalue weighted by molar-refractivity contribution is 6.02. The Morgan fingerprint density at radius 3 is 1.54 bits per heavy atom. The molecule has 0 saturated carbocycles. The molecular formula is C60H80N14O18. The lowest BCUT2D eigenvalue weighted by atomic mass is 9.99. The Balaban J connectivity index is 1.89. The van der Waals surface area contributed by atoms with E-state index in [1.807, 2.05) is 0 Å². The normalized spacial score (nSPS) is 13.4. The van der Waals surface area contributed by atoms with Gasteiger partial charge in [-0.3, -0.25) is 67.1 Å². The van der Waals surface area contributed by atoms with E-state index in [-0.39, 0.29) is 86.8 Å². The summed E-state index contributed by atoms with van der Waals surface area (Å²) in [6, 6.07) is 7.70. The number of azide groups is 1. The summed E-state index contributed by atoms with van der Waals surface area (Å²) >= 11 is 0. The highest BCUT2D eigenvalue weighted by Crippen LogP contribution is 2.22. The average Bonchev–Trinajstić information content (AvgIpc) is 0.997. The quantitative estimate of drug-likeness (QED) is 0.0114. The van der Waals surface area contributed by atoms with Crippen molar-refractivity contribution in [2.75, 3.05) is 19.7 Å². The molecular weight excluding hydrogens is 1200 g/mol. The van der Waals surface area contributed by atoms with Gasteiger partial charge in [-0.1, -0.05) is 79.6 Å². The molecule has 10 amide bonds. The van der Waals surface area contributed by atoms with E-state index < -0.39 is 164 Å². The van der Waals surface area contributed by atoms with E-state index in [1.165, 1.54) is 25.1 Å². The fraction of sp³-hybridized carbons (Fsp3) is 0.467. The molecule has 32 heteroatoms. The van der Waals surface area contributed by atoms with Gasteiger partial charge in [-0.05, 0) is 92.6 Å². The van der Waals surface area contributed by atoms with Crippen molar-refractivity contribution < 1.29 is 87.2 Å². The molecule has 0 saturated heterocycles. The Morgan fingerprint density at radius 1 is 0.554 bits per heavy atom. The second kappa shape index (κ2) is 39.5. The number of hydrogen-bond acceptors (Lipinski definition) is 17. The Kier molecular flexibility index (Phi) is 32.5. The van der Waals surface area contributed by atoms with E-state index >= 15 is 0 Å². The highest BCUT2D eigenvalue weighted by atomic mass is 16.5. The molecule has 0 spiro atoms. The third kappa shape index (κ3) is 28.3. The van der Waals surface area contributed by atoms with E-state index in [4.69, 9.17) is 32.6 Å². The molecule has 0 heterocycles. The molecule has 0 aliphatic rings. The summed E-state index contributed by atoms with van der Waals surface area (Å²) in [7, 11) is 0. The number of unbranched alkanes of at least 4 members (excludes halogenated alkanes) is 1. The summed E-state index contributed by atoms with van der Waals surface area (Å²) in [5.74, 6) is -15.2. The standard InChI is InChI=1S/C60H80N14O18/c1-33(2)27-42(56(87)67-40(52(63)83)17-10-11-24-65-53(84)38-30-37(34(3)75)18-21-47(38)92-26-12-25-66-74-64)70-57(88)44(29-36-15-8-5-9-16-36)72-58(89)43(28-35-13-6-4-7-14-35)71-55(86)41(20-23-50(79)80)68-59(90)45(31-48(62)76)73-60(91)46(32-51(81)82)69-54(85)39(61)19-22-49(77)78/h4-9,13-16,18,21,30,33,39-46H,10-12,17,19-20,22-29,31-32,61H2,1-3H3,(H2,62,76)(H2,63,83)(H,65,84)(H,67,87)(H,68,90)(H,69,85)(H,70,88)(H,71,86)(H,72,89)(H,73,91)(H,77,78)(H,79,80)(H,81,82)/t39-,40-,41-,42-,43-,44-,45-,46-/m0/s1. The molecule has 92 heavy (non-hydrogen) atoms. The first kappa shape index (κ1) is 75.8. The third-order valence-corrected chi connectivity index (χ3v) is 13.7. The van der Waals surface area contributed by atoms with Crippen LogP contribution in [0.2, 0.25) is 0 Å². The number of primary amides is 2. The second-order valence-corrected chi connectivity index (χ2v) is 21.8. The van der Waals surface area contributed by atoms with Crippen LogP contribution in [-0.4, -0.2) is 166 Å². The summed E-state index contributed by atoms with van der Waals surface area (Å²) in [4.78, 5) is 186. The van der Waals surface area contributed by atoms with Gasteiger partial charge in [0, 0.05) is 49.2 Å². The summed E-state index contributed by atoms with van der Waals surface area (Å²) in [6.07, 6.45) is -4.16. The Bertz CT molecular complexity index is 3150. The minimum atomic E-state index is -2.01. The average molecular weight is 1290 g/mol. The molecule has 0 fully saturated rings. The van der Waals surface area contributed by atoms with E-state index in [0.717, 1.165) is 0 Å². The molecule has 498 valence electrons. The van der Waals surface area contributed by atoms with Crippen LogP contribution in [0.1, 0.15) is 123 Å². The zero-order valence-electron chi connectivity index (χ0n) is 51.1. The third-order valence-electron chi connectivity index (χ3n) is 13.7. The number of ether oxygens (including phenoxy) is 1. The zero-order chi connectivity index (χ0) is 68.5. The van der Waals surface area contributed by atoms with Gasteiger partial charge >= 0.3 is 17.9 Å². The highest BCUT2D eigenvalue weighted by Gasteiger charge is 2.36. The maximum Gasteiger partial charge on any atom is 0.305 e. The first-order chi connectivity index (χ1) is 43.6. The van der Waals surface area contributed by atoms with Gasteiger partial charge in [0.25, 0.3) is 5.91 Å². The van der Waals surface area contributed by atoms with Crippen molar-refractivity contribution in [3.63, 3.8) is 0 Å². The summed E-state index contributed by atoms with van der Waals surface area (Å²) in [5.41, 5.74) is 26.7. The fourth-order valence-corrected chi connectivity index (χ4v) is 8.95. The van der Waals surface area contributed by atoms with Gasteiger partial charge in [-0.15, -0.1) is 0 Å². The number of carboxylic acids is 3. The van der Waals surface area contributed by atoms with Crippen molar-refractivity contribution in [2.24, 2.45) is 28.2 Å². The van der Waals surface area contributed by atoms with Crippen molar-refractivity contribution in [2.45, 2.75) is 153 Å². The van der Waals surface area contributed by atoms with Crippen LogP contribution in [0.25, 0.3) is 10.4 Å². The number of nitrogens with zero attached hydrogens (tertiary/aromatic N) is 3. The molecule has 17 N–H and O–H groups in total. The van der Waals surface area contributed by atoms with E-state index in [0.29, 0.717) is 17.5 Å². The van der Waals surface area contributed by atoms with Crippen LogP contribution in [0.3, 0.4) is 0 Å². The Labute approximate surface area is 528 Å². The predicted octanol–water partition coefficient (Wildman–Crippen LogP) is -0.314. The number of carbonyl (C=O) groups is 14. The fourth-order valence-electron chi connectivity index (χ4n) is 8.95. The molecule has 0 aliphatic carbocycles. The molecule has 0 unspecified atom stereocenters. The molecule has 0 aliphatic heterocycles. The molecule has 32 nitrogen and oxygen atoms in total. The van der Waals surface area contributed by atoms with E-state index in [2.05, 4.69) is 52.6 Å². The first-order valence-electron chi connectivity index (χ1n) is 29.3. The minimum absolute atomic E-state index is 0.00298. The van der Waals surface area contributed by atoms with Crippen LogP contribution in [0, 0.1) is 5.92 Å². The number of benzene rings is 3. The van der Waals surface area contributed by atoms with Crippen molar-refractivity contribution >= 4 is 82.8 Å². The van der Waals surface area contributed by atoms with Crippen molar-refractivity contribution in [1.82, 2.24) is 42.5 Å². The SMILES string of the molecule is CC(=O)c1ccc(OCCCN=[N+]=[N-])c(C(=O)NCCCC[C@H](NC(=O)[C@H](CC(C)C)NC(=O)[C@H](Cc2ccccc2)NC(=O)[C@H](Cc2ccccc2)NC(=O)[C@H](CCC(=O)O)NC(=O)[C@H](CC(N)=O)NC(=O)[C@H](CC(=O)O)NC(=O)[C@@H](N)CCC(=O)O)C(N)=O)c1. The number of nitrogens with one attached hydrogen (secondary N) is 8. The molecule has 3 aromatic carbocycles. The number of hydrogen-bond donors (Lipinski definition) is 14. The predicted molar refractivity (Wildman–Crippen MR) is 327 cm³/mol. The monoisotopic (exact) mass is 1280 g/mol. The largest absolute Gasteiger partial charge is 0.493 e. The van der Waals surface area contributed by atoms with Crippen LogP contribution in [0.4, 0.5) is 0 Å². The molecule has 0 aromatic heterocycles. The zero-order valence-corrected chi connectivity index (χ0v) is 51.1. The van der Waals surface area contributed by atoms with E-state index in [1.54, 1.807) is 74.5 Å². The van der Waals surface area contributed by atoms with Crippen LogP contribution in [0.5, 0.6) is 5.75 Å². The van der Waals surface area contributed by atoms with Gasteiger partial charge in [-0.25, -0.2) is 0 Å². The van der Waals surface area contributed by atoms with Crippen molar-refractivity contribution in [3.8, 4) is 5.75 Å². The summed E-state index contributed by atoms with van der Waals surface area (Å²) in [5, 5.41) is 51.2.